The van der Waals surface area contributed by atoms with Crippen LogP contribution in [-0.4, -0.2) is 11.9 Å². The van der Waals surface area contributed by atoms with E-state index < -0.39 is 0 Å². The van der Waals surface area contributed by atoms with Gasteiger partial charge in [0.2, 0.25) is 5.91 Å². The van der Waals surface area contributed by atoms with Crippen molar-refractivity contribution in [2.75, 3.05) is 0 Å². The van der Waals surface area contributed by atoms with Crippen molar-refractivity contribution in [2.45, 2.75) is 44.6 Å². The molecule has 1 fully saturated rings. The lowest BCUT2D eigenvalue weighted by Crippen LogP contribution is -2.39. The zero-order chi connectivity index (χ0) is 12.5. The van der Waals surface area contributed by atoms with Crippen molar-refractivity contribution in [1.82, 2.24) is 5.32 Å². The van der Waals surface area contributed by atoms with E-state index in [1.165, 1.54) is 0 Å². The van der Waals surface area contributed by atoms with Gasteiger partial charge in [-0.2, -0.15) is 0 Å². The van der Waals surface area contributed by atoms with Crippen LogP contribution in [0.4, 0.5) is 0 Å². The molecular formula is C14H18ClNO. The standard InChI is InChI=1S/C14H18ClNO/c1-3-10(2)16-13(17)14(8-9-14)11-4-6-12(15)7-5-11/h4-7,10H,3,8-9H2,1-2H3,(H,16,17). The van der Waals surface area contributed by atoms with Gasteiger partial charge in [-0.25, -0.2) is 0 Å². The maximum absolute atomic E-state index is 12.2. The Labute approximate surface area is 107 Å². The quantitative estimate of drug-likeness (QED) is 0.874. The topological polar surface area (TPSA) is 29.1 Å². The van der Waals surface area contributed by atoms with E-state index in [9.17, 15) is 4.79 Å². The molecule has 1 aromatic carbocycles. The monoisotopic (exact) mass is 251 g/mol. The van der Waals surface area contributed by atoms with Crippen LogP contribution < -0.4 is 5.32 Å². The summed E-state index contributed by atoms with van der Waals surface area (Å²) in [5.41, 5.74) is 0.802. The predicted molar refractivity (Wildman–Crippen MR) is 70.3 cm³/mol. The van der Waals surface area contributed by atoms with E-state index in [-0.39, 0.29) is 17.4 Å². The fraction of sp³-hybridized carbons (Fsp3) is 0.500. The highest BCUT2D eigenvalue weighted by Gasteiger charge is 2.51. The van der Waals surface area contributed by atoms with Gasteiger partial charge in [0, 0.05) is 11.1 Å². The van der Waals surface area contributed by atoms with Crippen LogP contribution >= 0.6 is 11.6 Å². The molecule has 0 heterocycles. The Balaban J connectivity index is 2.14. The molecule has 17 heavy (non-hydrogen) atoms. The zero-order valence-corrected chi connectivity index (χ0v) is 11.1. The van der Waals surface area contributed by atoms with Crippen LogP contribution in [0.25, 0.3) is 0 Å². The van der Waals surface area contributed by atoms with E-state index in [1.54, 1.807) is 0 Å². The van der Waals surface area contributed by atoms with Gasteiger partial charge >= 0.3 is 0 Å². The second kappa shape index (κ2) is 4.69. The van der Waals surface area contributed by atoms with E-state index in [1.807, 2.05) is 31.2 Å². The largest absolute Gasteiger partial charge is 0.353 e. The number of carbonyl (C=O) groups is 1. The number of carbonyl (C=O) groups excluding carboxylic acids is 1. The molecule has 2 rings (SSSR count). The Bertz CT molecular complexity index is 409. The zero-order valence-electron chi connectivity index (χ0n) is 10.3. The van der Waals surface area contributed by atoms with Gasteiger partial charge in [-0.15, -0.1) is 0 Å². The molecular weight excluding hydrogens is 234 g/mol. The summed E-state index contributed by atoms with van der Waals surface area (Å²) in [6.07, 6.45) is 2.84. The van der Waals surface area contributed by atoms with E-state index in [0.717, 1.165) is 24.8 Å². The molecule has 0 aromatic heterocycles. The molecule has 0 saturated heterocycles. The minimum atomic E-state index is -0.284. The fourth-order valence-electron chi connectivity index (χ4n) is 2.00. The van der Waals surface area contributed by atoms with E-state index in [4.69, 9.17) is 11.6 Å². The average Bonchev–Trinajstić information content (AvgIpc) is 3.11. The SMILES string of the molecule is CCC(C)NC(=O)C1(c2ccc(Cl)cc2)CC1. The highest BCUT2D eigenvalue weighted by molar-refractivity contribution is 6.30. The third-order valence-corrected chi connectivity index (χ3v) is 3.82. The summed E-state index contributed by atoms with van der Waals surface area (Å²) >= 11 is 5.87. The third kappa shape index (κ3) is 2.47. The Morgan fingerprint density at radius 1 is 1.41 bits per heavy atom. The average molecular weight is 252 g/mol. The van der Waals surface area contributed by atoms with Crippen LogP contribution in [0.15, 0.2) is 24.3 Å². The number of hydrogen-bond acceptors (Lipinski definition) is 1. The van der Waals surface area contributed by atoms with Gasteiger partial charge in [0.05, 0.1) is 5.41 Å². The maximum atomic E-state index is 12.2. The molecule has 0 spiro atoms. The molecule has 2 nitrogen and oxygen atoms in total. The molecule has 1 aliphatic carbocycles. The number of nitrogens with one attached hydrogen (secondary N) is 1. The van der Waals surface area contributed by atoms with Gasteiger partial charge in [0.25, 0.3) is 0 Å². The van der Waals surface area contributed by atoms with Crippen molar-refractivity contribution in [3.05, 3.63) is 34.9 Å². The molecule has 0 bridgehead atoms. The number of hydrogen-bond donors (Lipinski definition) is 1. The van der Waals surface area contributed by atoms with Gasteiger partial charge in [0.1, 0.15) is 0 Å². The summed E-state index contributed by atoms with van der Waals surface area (Å²) < 4.78 is 0. The molecule has 1 aromatic rings. The third-order valence-electron chi connectivity index (χ3n) is 3.57. The van der Waals surface area contributed by atoms with E-state index >= 15 is 0 Å². The molecule has 1 unspecified atom stereocenters. The first-order valence-corrected chi connectivity index (χ1v) is 6.53. The summed E-state index contributed by atoms with van der Waals surface area (Å²) in [6, 6.07) is 7.88. The number of benzene rings is 1. The molecule has 0 aliphatic heterocycles. The Morgan fingerprint density at radius 2 is 2.00 bits per heavy atom. The Kier molecular flexibility index (Phi) is 3.43. The van der Waals surface area contributed by atoms with Crippen molar-refractivity contribution in [1.29, 1.82) is 0 Å². The Hall–Kier alpha value is -1.02. The van der Waals surface area contributed by atoms with Crippen LogP contribution in [0, 0.1) is 0 Å². The van der Waals surface area contributed by atoms with Crippen molar-refractivity contribution < 1.29 is 4.79 Å². The first-order chi connectivity index (χ1) is 8.08. The van der Waals surface area contributed by atoms with Crippen LogP contribution in [0.1, 0.15) is 38.7 Å². The van der Waals surface area contributed by atoms with E-state index in [0.29, 0.717) is 5.02 Å². The smallest absolute Gasteiger partial charge is 0.230 e. The fourth-order valence-corrected chi connectivity index (χ4v) is 2.13. The van der Waals surface area contributed by atoms with E-state index in [2.05, 4.69) is 12.2 Å². The number of amides is 1. The highest BCUT2D eigenvalue weighted by atomic mass is 35.5. The molecule has 1 N–H and O–H groups in total. The van der Waals surface area contributed by atoms with Crippen molar-refractivity contribution in [3.63, 3.8) is 0 Å². The summed E-state index contributed by atoms with van der Waals surface area (Å²) in [6.45, 7) is 4.11. The first-order valence-electron chi connectivity index (χ1n) is 6.15. The van der Waals surface area contributed by atoms with Gasteiger partial charge in [0.15, 0.2) is 0 Å². The predicted octanol–water partition coefficient (Wildman–Crippen LogP) is 3.29. The van der Waals surface area contributed by atoms with Gasteiger partial charge in [-0.1, -0.05) is 30.7 Å². The number of rotatable bonds is 4. The molecule has 1 amide bonds. The lowest BCUT2D eigenvalue weighted by atomic mass is 9.94. The summed E-state index contributed by atoms with van der Waals surface area (Å²) in [5.74, 6) is 0.161. The molecule has 1 aliphatic rings. The molecule has 3 heteroatoms. The normalized spacial score (nSPS) is 18.5. The molecule has 0 radical (unpaired) electrons. The lowest BCUT2D eigenvalue weighted by molar-refractivity contribution is -0.124. The molecule has 1 atom stereocenters. The van der Waals surface area contributed by atoms with Crippen molar-refractivity contribution in [3.8, 4) is 0 Å². The summed E-state index contributed by atoms with van der Waals surface area (Å²) in [5, 5.41) is 3.79. The molecule has 92 valence electrons. The second-order valence-corrected chi connectivity index (χ2v) is 5.31. The minimum absolute atomic E-state index is 0.161. The van der Waals surface area contributed by atoms with Crippen LogP contribution in [0.2, 0.25) is 5.02 Å². The van der Waals surface area contributed by atoms with Gasteiger partial charge < -0.3 is 5.32 Å². The number of halogens is 1. The van der Waals surface area contributed by atoms with Crippen LogP contribution in [0.5, 0.6) is 0 Å². The lowest BCUT2D eigenvalue weighted by Gasteiger charge is -2.19. The van der Waals surface area contributed by atoms with Crippen molar-refractivity contribution >= 4 is 17.5 Å². The van der Waals surface area contributed by atoms with Crippen LogP contribution in [-0.2, 0) is 10.2 Å². The minimum Gasteiger partial charge on any atom is -0.353 e. The first kappa shape index (κ1) is 12.4. The van der Waals surface area contributed by atoms with Gasteiger partial charge in [-0.3, -0.25) is 4.79 Å². The summed E-state index contributed by atoms with van der Waals surface area (Å²) in [7, 11) is 0. The molecule has 1 saturated carbocycles. The second-order valence-electron chi connectivity index (χ2n) is 4.87. The van der Waals surface area contributed by atoms with Crippen molar-refractivity contribution in [2.24, 2.45) is 0 Å². The highest BCUT2D eigenvalue weighted by Crippen LogP contribution is 2.48. The maximum Gasteiger partial charge on any atom is 0.230 e. The van der Waals surface area contributed by atoms with Crippen LogP contribution in [0.3, 0.4) is 0 Å². The van der Waals surface area contributed by atoms with Gasteiger partial charge in [-0.05, 0) is 43.9 Å². The summed E-state index contributed by atoms with van der Waals surface area (Å²) in [4.78, 5) is 12.2. The Morgan fingerprint density at radius 3 is 2.47 bits per heavy atom.